The van der Waals surface area contributed by atoms with Crippen molar-refractivity contribution < 1.29 is 28.9 Å². The van der Waals surface area contributed by atoms with Gasteiger partial charge in [-0.3, -0.25) is 19.9 Å². The van der Waals surface area contributed by atoms with Crippen molar-refractivity contribution in [2.75, 3.05) is 18.6 Å². The molecule has 4 aromatic rings. The zero-order valence-corrected chi connectivity index (χ0v) is 25.3. The molecule has 1 saturated heterocycles. The summed E-state index contributed by atoms with van der Waals surface area (Å²) < 4.78 is 7.94. The highest BCUT2D eigenvalue weighted by molar-refractivity contribution is 8.00. The molecule has 1 aromatic carbocycles. The number of benzene rings is 1. The number of rotatable bonds is 10. The van der Waals surface area contributed by atoms with E-state index in [0.717, 1.165) is 28.0 Å². The predicted molar refractivity (Wildman–Crippen MR) is 166 cm³/mol. The average molecular weight is 648 g/mol. The number of amides is 2. The lowest BCUT2D eigenvalue weighted by Gasteiger charge is -2.49. The van der Waals surface area contributed by atoms with E-state index in [1.165, 1.54) is 23.8 Å². The first-order chi connectivity index (χ1) is 21.6. The van der Waals surface area contributed by atoms with E-state index in [0.29, 0.717) is 23.4 Å². The van der Waals surface area contributed by atoms with Crippen molar-refractivity contribution in [3.05, 3.63) is 83.2 Å². The number of nitrogens with one attached hydrogen (secondary N) is 2. The summed E-state index contributed by atoms with van der Waals surface area (Å²) in [5, 5.41) is 24.6. The average Bonchev–Trinajstić information content (AvgIpc) is 3.63. The fourth-order valence-electron chi connectivity index (χ4n) is 5.23. The standard InChI is InChI=1S/C28H26N10O5S2/c1-43-34-19(23-33-28(31)45-35-23)24(39)32-20-25(40)38-21(27(41)42)17(13-44-26(20)38)11-36-8-6-15-7-9-37(18(15)12-36)10-14-2-4-16(5-3-14)22(29)30/h2-9,12,20,26H,10-11,13H2,1H3,(H6-,29,30,31,32,33,35,39,41,42)/p+1/b34-19-/t20-,26-/m1/s1. The fourth-order valence-corrected chi connectivity index (χ4v) is 7.00. The number of β-lactam (4-membered cyclic amide) rings is 1. The first-order valence-corrected chi connectivity index (χ1v) is 15.3. The third-order valence-corrected chi connectivity index (χ3v) is 9.23. The van der Waals surface area contributed by atoms with Crippen LogP contribution in [-0.2, 0) is 32.3 Å². The topological polar surface area (TPSA) is 219 Å². The van der Waals surface area contributed by atoms with Gasteiger partial charge in [-0.2, -0.15) is 13.9 Å². The molecule has 45 heavy (non-hydrogen) atoms. The van der Waals surface area contributed by atoms with E-state index in [-0.39, 0.29) is 34.7 Å². The maximum Gasteiger partial charge on any atom is 0.352 e. The van der Waals surface area contributed by atoms with Crippen LogP contribution in [0.1, 0.15) is 17.0 Å². The van der Waals surface area contributed by atoms with Gasteiger partial charge >= 0.3 is 5.97 Å². The molecule has 0 radical (unpaired) electrons. The zero-order valence-electron chi connectivity index (χ0n) is 23.7. The summed E-state index contributed by atoms with van der Waals surface area (Å²) in [5.74, 6) is -2.23. The monoisotopic (exact) mass is 647 g/mol. The van der Waals surface area contributed by atoms with Crippen LogP contribution in [0.4, 0.5) is 5.13 Å². The second-order valence-electron chi connectivity index (χ2n) is 10.2. The Balaban J connectivity index is 1.20. The van der Waals surface area contributed by atoms with Gasteiger partial charge in [-0.15, -0.1) is 11.8 Å². The number of aromatic nitrogens is 4. The molecule has 6 rings (SSSR count). The van der Waals surface area contributed by atoms with Gasteiger partial charge in [0.2, 0.25) is 11.5 Å². The number of hydrogen-bond donors (Lipinski definition) is 5. The van der Waals surface area contributed by atoms with Crippen LogP contribution >= 0.6 is 23.3 Å². The second-order valence-corrected chi connectivity index (χ2v) is 12.1. The number of oxime groups is 1. The van der Waals surface area contributed by atoms with E-state index in [1.54, 1.807) is 0 Å². The SMILES string of the molecule is CO/N=C(\C(=O)N[C@@H]1C(=O)N2C(C(=O)O)=C(C[n+]3ccc4ccn(Cc5ccc(C(=N)N)cc5)c4c3)CS[C@H]12)c1nsc(N)n1. The minimum absolute atomic E-state index is 0.0114. The van der Waals surface area contributed by atoms with Crippen molar-refractivity contribution in [2.45, 2.75) is 24.5 Å². The molecule has 17 heteroatoms. The lowest BCUT2D eigenvalue weighted by Crippen LogP contribution is -2.71. The molecule has 0 saturated carbocycles. The Bertz CT molecular complexity index is 1920. The molecule has 0 bridgehead atoms. The third-order valence-electron chi connectivity index (χ3n) is 7.35. The first kappa shape index (κ1) is 29.8. The molecule has 2 aliphatic rings. The Morgan fingerprint density at radius 3 is 2.71 bits per heavy atom. The number of thioether (sulfide) groups is 1. The highest BCUT2D eigenvalue weighted by Gasteiger charge is 2.55. The smallest absolute Gasteiger partial charge is 0.352 e. The fraction of sp³-hybridized carbons (Fsp3) is 0.214. The van der Waals surface area contributed by atoms with Crippen molar-refractivity contribution in [1.29, 1.82) is 5.41 Å². The van der Waals surface area contributed by atoms with E-state index in [2.05, 4.69) is 24.4 Å². The Morgan fingerprint density at radius 1 is 1.27 bits per heavy atom. The van der Waals surface area contributed by atoms with Gasteiger partial charge in [0.15, 0.2) is 24.1 Å². The maximum atomic E-state index is 13.2. The molecule has 1 fully saturated rings. The highest BCUT2D eigenvalue weighted by Crippen LogP contribution is 2.40. The van der Waals surface area contributed by atoms with Crippen LogP contribution in [0.5, 0.6) is 0 Å². The molecular formula is C28H27N10O5S2+. The molecule has 5 heterocycles. The first-order valence-electron chi connectivity index (χ1n) is 13.5. The molecule has 2 amide bonds. The van der Waals surface area contributed by atoms with Crippen LogP contribution in [0, 0.1) is 5.41 Å². The largest absolute Gasteiger partial charge is 0.477 e. The molecular weight excluding hydrogens is 621 g/mol. The van der Waals surface area contributed by atoms with E-state index >= 15 is 0 Å². The molecule has 3 aromatic heterocycles. The minimum Gasteiger partial charge on any atom is -0.477 e. The summed E-state index contributed by atoms with van der Waals surface area (Å²) >= 11 is 2.24. The number of carboxylic acids is 1. The number of carbonyl (C=O) groups is 3. The van der Waals surface area contributed by atoms with Crippen molar-refractivity contribution in [2.24, 2.45) is 10.9 Å². The van der Waals surface area contributed by atoms with Gasteiger partial charge in [0.05, 0.1) is 0 Å². The lowest BCUT2D eigenvalue weighted by molar-refractivity contribution is -0.687. The van der Waals surface area contributed by atoms with Gasteiger partial charge in [0.1, 0.15) is 35.6 Å². The number of fused-ring (bicyclic) bond motifs is 2. The number of hydrogen-bond acceptors (Lipinski definition) is 11. The second kappa shape index (κ2) is 12.0. The van der Waals surface area contributed by atoms with Gasteiger partial charge in [-0.25, -0.2) is 4.79 Å². The number of nitrogen functional groups attached to an aromatic ring is 2. The number of aliphatic carboxylic acids is 1. The van der Waals surface area contributed by atoms with Crippen molar-refractivity contribution in [3.8, 4) is 0 Å². The van der Waals surface area contributed by atoms with Gasteiger partial charge in [-0.1, -0.05) is 29.4 Å². The van der Waals surface area contributed by atoms with Crippen LogP contribution in [0.15, 0.2) is 71.4 Å². The van der Waals surface area contributed by atoms with Crippen LogP contribution in [0.25, 0.3) is 10.9 Å². The predicted octanol–water partition coefficient (Wildman–Crippen LogP) is 0.484. The van der Waals surface area contributed by atoms with Crippen LogP contribution in [0.3, 0.4) is 0 Å². The van der Waals surface area contributed by atoms with E-state index in [4.69, 9.17) is 21.7 Å². The number of amidine groups is 1. The Hall–Kier alpha value is -5.29. The Labute approximate surface area is 263 Å². The maximum absolute atomic E-state index is 13.2. The normalized spacial score (nSPS) is 18.0. The zero-order chi connectivity index (χ0) is 31.8. The number of carbonyl (C=O) groups excluding carboxylic acids is 2. The number of nitrogens with zero attached hydrogens (tertiary/aromatic N) is 6. The summed E-state index contributed by atoms with van der Waals surface area (Å²) in [7, 11) is 1.25. The Morgan fingerprint density at radius 2 is 2.04 bits per heavy atom. The number of nitrogens with two attached hydrogens (primary N) is 2. The summed E-state index contributed by atoms with van der Waals surface area (Å²) in [5.41, 5.74) is 14.0. The molecule has 2 atom stereocenters. The minimum atomic E-state index is -1.23. The van der Waals surface area contributed by atoms with Crippen molar-refractivity contribution in [1.82, 2.24) is 24.1 Å². The van der Waals surface area contributed by atoms with Gasteiger partial charge in [0, 0.05) is 52.6 Å². The summed E-state index contributed by atoms with van der Waals surface area (Å²) in [6.45, 7) is 0.836. The van der Waals surface area contributed by atoms with E-state index < -0.39 is 29.2 Å². The summed E-state index contributed by atoms with van der Waals surface area (Å²) in [6, 6.07) is 10.5. The molecule has 230 valence electrons. The van der Waals surface area contributed by atoms with Gasteiger partial charge < -0.3 is 31.3 Å². The van der Waals surface area contributed by atoms with Gasteiger partial charge in [-0.05, 0) is 11.6 Å². The Kier molecular flexibility index (Phi) is 7.94. The molecule has 15 nitrogen and oxygen atoms in total. The van der Waals surface area contributed by atoms with E-state index in [9.17, 15) is 19.5 Å². The van der Waals surface area contributed by atoms with Crippen LogP contribution in [0.2, 0.25) is 0 Å². The number of anilines is 1. The van der Waals surface area contributed by atoms with Crippen LogP contribution < -0.4 is 21.4 Å². The molecule has 0 aliphatic carbocycles. The van der Waals surface area contributed by atoms with Gasteiger partial charge in [0.25, 0.3) is 11.8 Å². The molecule has 2 aliphatic heterocycles. The summed E-state index contributed by atoms with van der Waals surface area (Å²) in [6.07, 6.45) is 5.79. The summed E-state index contributed by atoms with van der Waals surface area (Å²) in [4.78, 5) is 48.6. The quantitative estimate of drug-likeness (QED) is 0.0527. The number of carboxylic acid groups (broad SMARTS) is 1. The molecule has 0 unspecified atom stereocenters. The van der Waals surface area contributed by atoms with Crippen molar-refractivity contribution in [3.63, 3.8) is 0 Å². The molecule has 7 N–H and O–H groups in total. The number of pyridine rings is 1. The highest BCUT2D eigenvalue weighted by atomic mass is 32.2. The third kappa shape index (κ3) is 5.69. The lowest BCUT2D eigenvalue weighted by atomic mass is 10.0. The molecule has 0 spiro atoms. The van der Waals surface area contributed by atoms with E-state index in [1.807, 2.05) is 59.6 Å². The van der Waals surface area contributed by atoms with Crippen molar-refractivity contribution >= 4 is 68.7 Å². The van der Waals surface area contributed by atoms with Crippen LogP contribution in [-0.4, -0.2) is 77.5 Å².